The summed E-state index contributed by atoms with van der Waals surface area (Å²) in [4.78, 5) is 14.9. The first-order chi connectivity index (χ1) is 12.5. The lowest BCUT2D eigenvalue weighted by molar-refractivity contribution is 0.0935. The summed E-state index contributed by atoms with van der Waals surface area (Å²) in [5, 5.41) is 3.72. The Labute approximate surface area is 160 Å². The zero-order valence-electron chi connectivity index (χ0n) is 15.2. The average Bonchev–Trinajstić information content (AvgIpc) is 3.50. The fourth-order valence-electron chi connectivity index (χ4n) is 2.84. The Hall–Kier alpha value is -2.04. The Morgan fingerprint density at radius 3 is 2.62 bits per heavy atom. The van der Waals surface area contributed by atoms with Crippen LogP contribution in [0, 0.1) is 0 Å². The second-order valence-corrected chi connectivity index (χ2v) is 7.30. The first-order valence-corrected chi connectivity index (χ1v) is 9.39. The maximum atomic E-state index is 12.6. The van der Waals surface area contributed by atoms with Crippen LogP contribution in [0.1, 0.15) is 35.7 Å². The molecule has 0 bridgehead atoms. The van der Waals surface area contributed by atoms with E-state index < -0.39 is 0 Å². The molecule has 138 valence electrons. The maximum Gasteiger partial charge on any atom is 0.255 e. The van der Waals surface area contributed by atoms with Gasteiger partial charge in [0.15, 0.2) is 0 Å². The van der Waals surface area contributed by atoms with Crippen molar-refractivity contribution in [2.45, 2.75) is 38.5 Å². The van der Waals surface area contributed by atoms with Crippen molar-refractivity contribution in [3.8, 4) is 5.75 Å². The molecule has 2 aromatic rings. The summed E-state index contributed by atoms with van der Waals surface area (Å²) in [7, 11) is 2.12. The number of hydrogen-bond donors (Lipinski definition) is 1. The summed E-state index contributed by atoms with van der Waals surface area (Å²) in [6.45, 7) is 3.15. The standard InChI is InChI=1S/C21H25ClN2O2/c1-15(24(2)18-11-12-18)13-23-21(25)19-5-3-4-6-20(19)26-14-16-7-9-17(22)10-8-16/h3-10,15,18H,11-14H2,1-2H3,(H,23,25). The lowest BCUT2D eigenvalue weighted by Crippen LogP contribution is -2.41. The van der Waals surface area contributed by atoms with Gasteiger partial charge in [-0.2, -0.15) is 0 Å². The Bertz CT molecular complexity index is 744. The Balaban J connectivity index is 1.58. The van der Waals surface area contributed by atoms with Crippen LogP contribution in [0.25, 0.3) is 0 Å². The molecule has 1 aliphatic carbocycles. The lowest BCUT2D eigenvalue weighted by Gasteiger charge is -2.24. The van der Waals surface area contributed by atoms with Gasteiger partial charge in [-0.05, 0) is 56.6 Å². The van der Waals surface area contributed by atoms with Crippen LogP contribution in [0.5, 0.6) is 5.75 Å². The molecule has 0 aromatic heterocycles. The lowest BCUT2D eigenvalue weighted by atomic mass is 10.1. The van der Waals surface area contributed by atoms with Crippen LogP contribution in [0.15, 0.2) is 48.5 Å². The van der Waals surface area contributed by atoms with E-state index in [2.05, 4.69) is 24.2 Å². The summed E-state index contributed by atoms with van der Waals surface area (Å²) in [6, 6.07) is 15.8. The predicted molar refractivity (Wildman–Crippen MR) is 105 cm³/mol. The van der Waals surface area contributed by atoms with Crippen LogP contribution in [-0.2, 0) is 6.61 Å². The van der Waals surface area contributed by atoms with Gasteiger partial charge in [-0.3, -0.25) is 9.69 Å². The molecular weight excluding hydrogens is 348 g/mol. The summed E-state index contributed by atoms with van der Waals surface area (Å²) < 4.78 is 5.87. The largest absolute Gasteiger partial charge is 0.488 e. The van der Waals surface area contributed by atoms with Gasteiger partial charge >= 0.3 is 0 Å². The van der Waals surface area contributed by atoms with Gasteiger partial charge in [-0.15, -0.1) is 0 Å². The van der Waals surface area contributed by atoms with Gasteiger partial charge in [0.2, 0.25) is 0 Å². The molecule has 1 fully saturated rings. The third-order valence-electron chi connectivity index (χ3n) is 4.82. The number of ether oxygens (including phenoxy) is 1. The zero-order valence-corrected chi connectivity index (χ0v) is 16.0. The predicted octanol–water partition coefficient (Wildman–Crippen LogP) is 4.13. The maximum absolute atomic E-state index is 12.6. The van der Waals surface area contributed by atoms with Crippen molar-refractivity contribution in [3.05, 3.63) is 64.7 Å². The first kappa shape index (κ1) is 18.7. The molecule has 3 rings (SSSR count). The Kier molecular flexibility index (Phi) is 6.17. The number of carbonyl (C=O) groups excluding carboxylic acids is 1. The van der Waals surface area contributed by atoms with Gasteiger partial charge in [0.05, 0.1) is 5.56 Å². The minimum Gasteiger partial charge on any atom is -0.488 e. The molecule has 0 aliphatic heterocycles. The quantitative estimate of drug-likeness (QED) is 0.757. The number of rotatable bonds is 8. The van der Waals surface area contributed by atoms with E-state index in [9.17, 15) is 4.79 Å². The number of benzene rings is 2. The smallest absolute Gasteiger partial charge is 0.255 e. The van der Waals surface area contributed by atoms with Gasteiger partial charge in [0, 0.05) is 23.7 Å². The fraction of sp³-hybridized carbons (Fsp3) is 0.381. The van der Waals surface area contributed by atoms with Crippen molar-refractivity contribution in [2.75, 3.05) is 13.6 Å². The van der Waals surface area contributed by atoms with Crippen LogP contribution in [-0.4, -0.2) is 36.5 Å². The number of nitrogens with zero attached hydrogens (tertiary/aromatic N) is 1. The highest BCUT2D eigenvalue weighted by Crippen LogP contribution is 2.26. The van der Waals surface area contributed by atoms with E-state index in [0.29, 0.717) is 41.6 Å². The summed E-state index contributed by atoms with van der Waals surface area (Å²) in [6.07, 6.45) is 2.52. The van der Waals surface area contributed by atoms with Crippen molar-refractivity contribution in [3.63, 3.8) is 0 Å². The summed E-state index contributed by atoms with van der Waals surface area (Å²) in [5.74, 6) is 0.482. The molecule has 5 heteroatoms. The van der Waals surface area contributed by atoms with E-state index in [-0.39, 0.29) is 5.91 Å². The van der Waals surface area contributed by atoms with E-state index >= 15 is 0 Å². The monoisotopic (exact) mass is 372 g/mol. The molecular formula is C21H25ClN2O2. The number of carbonyl (C=O) groups is 1. The number of hydrogen-bond acceptors (Lipinski definition) is 3. The van der Waals surface area contributed by atoms with Crippen molar-refractivity contribution < 1.29 is 9.53 Å². The molecule has 4 nitrogen and oxygen atoms in total. The van der Waals surface area contributed by atoms with Gasteiger partial charge in [-0.1, -0.05) is 35.9 Å². The minimum atomic E-state index is -0.104. The van der Waals surface area contributed by atoms with E-state index in [1.165, 1.54) is 12.8 Å². The third kappa shape index (κ3) is 4.99. The van der Waals surface area contributed by atoms with Crippen molar-refractivity contribution in [1.82, 2.24) is 10.2 Å². The van der Waals surface area contributed by atoms with E-state index in [0.717, 1.165) is 5.56 Å². The second kappa shape index (κ2) is 8.56. The molecule has 1 N–H and O–H groups in total. The topological polar surface area (TPSA) is 41.6 Å². The normalized spacial score (nSPS) is 14.9. The van der Waals surface area contributed by atoms with E-state index in [1.54, 1.807) is 6.07 Å². The first-order valence-electron chi connectivity index (χ1n) is 9.01. The van der Waals surface area contributed by atoms with E-state index in [1.807, 2.05) is 42.5 Å². The van der Waals surface area contributed by atoms with E-state index in [4.69, 9.17) is 16.3 Å². The Morgan fingerprint density at radius 2 is 1.92 bits per heavy atom. The molecule has 2 aromatic carbocycles. The second-order valence-electron chi connectivity index (χ2n) is 6.87. The molecule has 1 atom stereocenters. The highest BCUT2D eigenvalue weighted by atomic mass is 35.5. The van der Waals surface area contributed by atoms with Gasteiger partial charge in [0.25, 0.3) is 5.91 Å². The fourth-order valence-corrected chi connectivity index (χ4v) is 2.97. The Morgan fingerprint density at radius 1 is 1.23 bits per heavy atom. The van der Waals surface area contributed by atoms with Crippen LogP contribution in [0.2, 0.25) is 5.02 Å². The molecule has 1 saturated carbocycles. The average molecular weight is 373 g/mol. The van der Waals surface area contributed by atoms with Crippen LogP contribution < -0.4 is 10.1 Å². The highest BCUT2D eigenvalue weighted by molar-refractivity contribution is 6.30. The molecule has 1 unspecified atom stereocenters. The molecule has 0 heterocycles. The van der Waals surface area contributed by atoms with Gasteiger partial charge in [-0.25, -0.2) is 0 Å². The molecule has 0 radical (unpaired) electrons. The molecule has 0 spiro atoms. The van der Waals surface area contributed by atoms with Gasteiger partial charge < -0.3 is 10.1 Å². The van der Waals surface area contributed by atoms with Crippen LogP contribution in [0.4, 0.5) is 0 Å². The number of amides is 1. The SMILES string of the molecule is CC(CNC(=O)c1ccccc1OCc1ccc(Cl)cc1)N(C)C1CC1. The van der Waals surface area contributed by atoms with Gasteiger partial charge in [0.1, 0.15) is 12.4 Å². The summed E-state index contributed by atoms with van der Waals surface area (Å²) >= 11 is 5.90. The molecule has 1 aliphatic rings. The highest BCUT2D eigenvalue weighted by Gasteiger charge is 2.29. The molecule has 0 saturated heterocycles. The third-order valence-corrected chi connectivity index (χ3v) is 5.07. The number of halogens is 1. The zero-order chi connectivity index (χ0) is 18.5. The van der Waals surface area contributed by atoms with Crippen LogP contribution in [0.3, 0.4) is 0 Å². The number of likely N-dealkylation sites (N-methyl/N-ethyl adjacent to an activating group) is 1. The molecule has 1 amide bonds. The van der Waals surface area contributed by atoms with Crippen molar-refractivity contribution >= 4 is 17.5 Å². The minimum absolute atomic E-state index is 0.104. The number of para-hydroxylation sites is 1. The van der Waals surface area contributed by atoms with Crippen molar-refractivity contribution in [1.29, 1.82) is 0 Å². The van der Waals surface area contributed by atoms with Crippen LogP contribution >= 0.6 is 11.6 Å². The molecule has 26 heavy (non-hydrogen) atoms. The summed E-state index contributed by atoms with van der Waals surface area (Å²) in [5.41, 5.74) is 1.56. The number of nitrogens with one attached hydrogen (secondary N) is 1. The van der Waals surface area contributed by atoms with Crippen molar-refractivity contribution in [2.24, 2.45) is 0 Å².